The van der Waals surface area contributed by atoms with Crippen molar-refractivity contribution in [1.82, 2.24) is 10.2 Å². The highest BCUT2D eigenvalue weighted by Crippen LogP contribution is 2.33. The van der Waals surface area contributed by atoms with Crippen LogP contribution < -0.4 is 10.1 Å². The first-order valence-corrected chi connectivity index (χ1v) is 7.40. The molecule has 1 fully saturated rings. The van der Waals surface area contributed by atoms with Gasteiger partial charge in [-0.2, -0.15) is 0 Å². The number of hydrogen-bond acceptors (Lipinski definition) is 3. The number of ether oxygens (including phenoxy) is 1. The molecule has 1 aliphatic heterocycles. The van der Waals surface area contributed by atoms with Gasteiger partial charge in [0.05, 0.1) is 13.2 Å². The molecule has 4 nitrogen and oxygen atoms in total. The Kier molecular flexibility index (Phi) is 5.41. The van der Waals surface area contributed by atoms with Crippen molar-refractivity contribution in [2.24, 2.45) is 0 Å². The fraction of sp³-hybridized carbons (Fsp3) is 0.562. The second kappa shape index (κ2) is 7.29. The molecular weight excluding hydrogens is 252 g/mol. The number of carbonyl (C=O) groups excluding carboxylic acids is 1. The lowest BCUT2D eigenvalue weighted by Crippen LogP contribution is -2.32. The van der Waals surface area contributed by atoms with Gasteiger partial charge in [-0.1, -0.05) is 19.1 Å². The van der Waals surface area contributed by atoms with Crippen LogP contribution in [0.3, 0.4) is 0 Å². The highest BCUT2D eigenvalue weighted by molar-refractivity contribution is 5.77. The van der Waals surface area contributed by atoms with Crippen LogP contribution in [-0.2, 0) is 4.79 Å². The largest absolute Gasteiger partial charge is 0.497 e. The highest BCUT2D eigenvalue weighted by Gasteiger charge is 2.29. The van der Waals surface area contributed by atoms with Crippen LogP contribution in [0.2, 0.25) is 0 Å². The summed E-state index contributed by atoms with van der Waals surface area (Å²) in [6.07, 6.45) is 2.70. The van der Waals surface area contributed by atoms with Gasteiger partial charge in [0, 0.05) is 19.5 Å². The van der Waals surface area contributed by atoms with Crippen molar-refractivity contribution in [1.29, 1.82) is 0 Å². The van der Waals surface area contributed by atoms with Gasteiger partial charge in [0.1, 0.15) is 5.75 Å². The van der Waals surface area contributed by atoms with Crippen molar-refractivity contribution in [2.45, 2.75) is 32.2 Å². The van der Waals surface area contributed by atoms with E-state index in [1.165, 1.54) is 5.56 Å². The zero-order valence-corrected chi connectivity index (χ0v) is 12.4. The second-order valence-corrected chi connectivity index (χ2v) is 5.13. The van der Waals surface area contributed by atoms with Crippen molar-refractivity contribution in [3.05, 3.63) is 29.8 Å². The van der Waals surface area contributed by atoms with Crippen molar-refractivity contribution in [3.63, 3.8) is 0 Å². The van der Waals surface area contributed by atoms with Crippen LogP contribution >= 0.6 is 0 Å². The molecule has 1 heterocycles. The maximum Gasteiger partial charge on any atom is 0.224 e. The number of methoxy groups -OCH3 is 1. The first-order valence-electron chi connectivity index (χ1n) is 7.40. The van der Waals surface area contributed by atoms with Crippen LogP contribution in [0, 0.1) is 0 Å². The molecule has 0 spiro atoms. The van der Waals surface area contributed by atoms with Crippen LogP contribution in [0.5, 0.6) is 5.75 Å². The summed E-state index contributed by atoms with van der Waals surface area (Å²) in [5, 5.41) is 3.21. The topological polar surface area (TPSA) is 41.6 Å². The Morgan fingerprint density at radius 2 is 2.35 bits per heavy atom. The Bertz CT molecular complexity index is 448. The minimum Gasteiger partial charge on any atom is -0.497 e. The number of benzene rings is 1. The Balaban J connectivity index is 2.04. The van der Waals surface area contributed by atoms with Gasteiger partial charge >= 0.3 is 0 Å². The van der Waals surface area contributed by atoms with E-state index < -0.39 is 0 Å². The third-order valence-corrected chi connectivity index (χ3v) is 3.82. The van der Waals surface area contributed by atoms with Crippen LogP contribution in [0.1, 0.15) is 37.8 Å². The van der Waals surface area contributed by atoms with E-state index in [1.54, 1.807) is 7.11 Å². The van der Waals surface area contributed by atoms with Crippen molar-refractivity contribution in [3.8, 4) is 5.75 Å². The molecule has 1 N–H and O–H groups in total. The fourth-order valence-corrected chi connectivity index (χ4v) is 2.78. The average molecular weight is 276 g/mol. The van der Waals surface area contributed by atoms with Crippen LogP contribution in [0.15, 0.2) is 24.3 Å². The summed E-state index contributed by atoms with van der Waals surface area (Å²) in [6, 6.07) is 8.27. The van der Waals surface area contributed by atoms with Crippen molar-refractivity contribution < 1.29 is 9.53 Å². The first kappa shape index (κ1) is 14.9. The van der Waals surface area contributed by atoms with E-state index in [2.05, 4.69) is 18.3 Å². The molecule has 0 aromatic heterocycles. The van der Waals surface area contributed by atoms with Gasteiger partial charge in [0.15, 0.2) is 0 Å². The van der Waals surface area contributed by atoms with Gasteiger partial charge in [-0.25, -0.2) is 0 Å². The number of carbonyl (C=O) groups is 1. The number of amides is 1. The molecule has 0 saturated carbocycles. The number of hydrogen-bond donors (Lipinski definition) is 1. The lowest BCUT2D eigenvalue weighted by atomic mass is 10.0. The number of likely N-dealkylation sites (tertiary alicyclic amines) is 1. The number of rotatable bonds is 6. The van der Waals surface area contributed by atoms with E-state index in [0.717, 1.165) is 38.2 Å². The highest BCUT2D eigenvalue weighted by atomic mass is 16.5. The Morgan fingerprint density at radius 3 is 3.10 bits per heavy atom. The van der Waals surface area contributed by atoms with E-state index in [0.29, 0.717) is 6.42 Å². The third kappa shape index (κ3) is 3.51. The molecular formula is C16H24N2O2. The first-order chi connectivity index (χ1) is 9.76. The lowest BCUT2D eigenvalue weighted by Gasteiger charge is -2.25. The molecule has 1 aromatic rings. The Morgan fingerprint density at radius 1 is 1.50 bits per heavy atom. The maximum absolute atomic E-state index is 12.3. The average Bonchev–Trinajstić information content (AvgIpc) is 2.97. The molecule has 1 amide bonds. The fourth-order valence-electron chi connectivity index (χ4n) is 2.78. The maximum atomic E-state index is 12.3. The van der Waals surface area contributed by atoms with Gasteiger partial charge in [-0.3, -0.25) is 4.79 Å². The SMILES string of the molecule is CCNCCC(=O)N1CCCC1c1cccc(OC)c1. The minimum atomic E-state index is 0.208. The van der Waals surface area contributed by atoms with Gasteiger partial charge in [-0.05, 0) is 37.1 Å². The van der Waals surface area contributed by atoms with Gasteiger partial charge in [0.25, 0.3) is 0 Å². The second-order valence-electron chi connectivity index (χ2n) is 5.13. The summed E-state index contributed by atoms with van der Waals surface area (Å²) in [6.45, 7) is 4.59. The van der Waals surface area contributed by atoms with Crippen LogP contribution in [-0.4, -0.2) is 37.6 Å². The predicted molar refractivity (Wildman–Crippen MR) is 79.8 cm³/mol. The lowest BCUT2D eigenvalue weighted by molar-refractivity contribution is -0.132. The van der Waals surface area contributed by atoms with Gasteiger partial charge in [-0.15, -0.1) is 0 Å². The van der Waals surface area contributed by atoms with Crippen LogP contribution in [0.4, 0.5) is 0 Å². The number of nitrogens with one attached hydrogen (secondary N) is 1. The summed E-state index contributed by atoms with van der Waals surface area (Å²) in [4.78, 5) is 14.3. The van der Waals surface area contributed by atoms with E-state index in [-0.39, 0.29) is 11.9 Å². The van der Waals surface area contributed by atoms with E-state index in [9.17, 15) is 4.79 Å². The van der Waals surface area contributed by atoms with E-state index in [1.807, 2.05) is 23.1 Å². The summed E-state index contributed by atoms with van der Waals surface area (Å²) in [5.74, 6) is 1.10. The van der Waals surface area contributed by atoms with E-state index >= 15 is 0 Å². The zero-order valence-electron chi connectivity index (χ0n) is 12.4. The van der Waals surface area contributed by atoms with E-state index in [4.69, 9.17) is 4.74 Å². The van der Waals surface area contributed by atoms with Gasteiger partial charge < -0.3 is 15.0 Å². The monoisotopic (exact) mass is 276 g/mol. The zero-order chi connectivity index (χ0) is 14.4. The Hall–Kier alpha value is -1.55. The molecule has 1 unspecified atom stereocenters. The Labute approximate surface area is 121 Å². The minimum absolute atomic E-state index is 0.208. The molecule has 0 bridgehead atoms. The van der Waals surface area contributed by atoms with Crippen molar-refractivity contribution >= 4 is 5.91 Å². The standard InChI is InChI=1S/C16H24N2O2/c1-3-17-10-9-16(19)18-11-5-8-15(18)13-6-4-7-14(12-13)20-2/h4,6-7,12,15,17H,3,5,8-11H2,1-2H3. The molecule has 4 heteroatoms. The molecule has 1 aliphatic rings. The third-order valence-electron chi connectivity index (χ3n) is 3.82. The molecule has 0 radical (unpaired) electrons. The van der Waals surface area contributed by atoms with Crippen molar-refractivity contribution in [2.75, 3.05) is 26.7 Å². The molecule has 1 saturated heterocycles. The summed E-state index contributed by atoms with van der Waals surface area (Å²) in [5.41, 5.74) is 1.18. The predicted octanol–water partition coefficient (Wildman–Crippen LogP) is 2.36. The van der Waals surface area contributed by atoms with Crippen LogP contribution in [0.25, 0.3) is 0 Å². The smallest absolute Gasteiger partial charge is 0.224 e. The number of nitrogens with zero attached hydrogens (tertiary/aromatic N) is 1. The molecule has 0 aliphatic carbocycles. The molecule has 110 valence electrons. The molecule has 20 heavy (non-hydrogen) atoms. The molecule has 2 rings (SSSR count). The molecule has 1 aromatic carbocycles. The summed E-state index contributed by atoms with van der Waals surface area (Å²) < 4.78 is 5.28. The normalized spacial score (nSPS) is 18.3. The quantitative estimate of drug-likeness (QED) is 0.811. The summed E-state index contributed by atoms with van der Waals surface area (Å²) in [7, 11) is 1.67. The summed E-state index contributed by atoms with van der Waals surface area (Å²) >= 11 is 0. The molecule has 1 atom stereocenters. The van der Waals surface area contributed by atoms with Gasteiger partial charge in [0.2, 0.25) is 5.91 Å².